The smallest absolute Gasteiger partial charge is 0.194 e. The minimum atomic E-state index is 0. The molecule has 7 heteroatoms. The van der Waals surface area contributed by atoms with Crippen LogP contribution in [0.1, 0.15) is 40.2 Å². The first-order valence-corrected chi connectivity index (χ1v) is 9.06. The van der Waals surface area contributed by atoms with Crippen molar-refractivity contribution >= 4 is 29.9 Å². The first kappa shape index (κ1) is 23.7. The van der Waals surface area contributed by atoms with Gasteiger partial charge in [0.05, 0.1) is 27.9 Å². The van der Waals surface area contributed by atoms with E-state index in [1.165, 1.54) is 0 Å². The summed E-state index contributed by atoms with van der Waals surface area (Å²) in [7, 11) is 4.90. The molecule has 0 spiro atoms. The molecule has 0 aliphatic carbocycles. The van der Waals surface area contributed by atoms with Crippen LogP contribution in [0.3, 0.4) is 0 Å². The van der Waals surface area contributed by atoms with Crippen LogP contribution >= 0.6 is 24.0 Å². The Labute approximate surface area is 180 Å². The van der Waals surface area contributed by atoms with Gasteiger partial charge in [0.15, 0.2) is 17.5 Å². The molecule has 2 rings (SSSR count). The van der Waals surface area contributed by atoms with E-state index in [0.29, 0.717) is 18.0 Å². The summed E-state index contributed by atoms with van der Waals surface area (Å²) in [5.74, 6) is 2.99. The second kappa shape index (κ2) is 9.21. The lowest BCUT2D eigenvalue weighted by Gasteiger charge is -2.62. The Morgan fingerprint density at radius 2 is 1.59 bits per heavy atom. The van der Waals surface area contributed by atoms with E-state index in [4.69, 9.17) is 19.2 Å². The standard InChI is InChI=1S/C20H33N3O3.HI/c1-9-21-18(23-13-19(2,3)20(23,4)5)22-12-14-10-16(25-7)17(26-8)11-15(14)24-6;/h10-11H,9,12-13H2,1-8H3,(H,21,22);1H. The maximum absolute atomic E-state index is 5.52. The van der Waals surface area contributed by atoms with E-state index < -0.39 is 0 Å². The fraction of sp³-hybridized carbons (Fsp3) is 0.650. The van der Waals surface area contributed by atoms with Gasteiger partial charge in [0.2, 0.25) is 0 Å². The number of halogens is 1. The van der Waals surface area contributed by atoms with Crippen molar-refractivity contribution in [1.29, 1.82) is 0 Å². The second-order valence-corrected chi connectivity index (χ2v) is 7.72. The molecule has 0 amide bonds. The number of hydrogen-bond donors (Lipinski definition) is 1. The van der Waals surface area contributed by atoms with Crippen LogP contribution < -0.4 is 19.5 Å². The Bertz CT molecular complexity index is 675. The van der Waals surface area contributed by atoms with Gasteiger partial charge in [-0.25, -0.2) is 4.99 Å². The number of guanidine groups is 1. The molecule has 1 fully saturated rings. The molecule has 1 heterocycles. The fourth-order valence-electron chi connectivity index (χ4n) is 3.17. The number of likely N-dealkylation sites (tertiary alicyclic amines) is 1. The van der Waals surface area contributed by atoms with Gasteiger partial charge in [0.25, 0.3) is 0 Å². The molecule has 0 atom stereocenters. The van der Waals surface area contributed by atoms with Gasteiger partial charge >= 0.3 is 0 Å². The summed E-state index contributed by atoms with van der Waals surface area (Å²) in [6, 6.07) is 3.77. The van der Waals surface area contributed by atoms with Crippen molar-refractivity contribution in [2.45, 2.75) is 46.7 Å². The van der Waals surface area contributed by atoms with E-state index in [-0.39, 0.29) is 34.9 Å². The summed E-state index contributed by atoms with van der Waals surface area (Å²) < 4.78 is 16.3. The Kier molecular flexibility index (Phi) is 8.07. The molecule has 1 aromatic carbocycles. The average molecular weight is 491 g/mol. The lowest BCUT2D eigenvalue weighted by Crippen LogP contribution is -2.72. The lowest BCUT2D eigenvalue weighted by atomic mass is 9.65. The van der Waals surface area contributed by atoms with Gasteiger partial charge < -0.3 is 24.4 Å². The average Bonchev–Trinajstić information content (AvgIpc) is 2.62. The van der Waals surface area contributed by atoms with Crippen molar-refractivity contribution in [3.8, 4) is 17.2 Å². The zero-order valence-corrected chi connectivity index (χ0v) is 20.1. The zero-order chi connectivity index (χ0) is 19.5. The fourth-order valence-corrected chi connectivity index (χ4v) is 3.17. The quantitative estimate of drug-likeness (QED) is 0.372. The van der Waals surface area contributed by atoms with Gasteiger partial charge in [-0.1, -0.05) is 13.8 Å². The molecule has 0 bridgehead atoms. The van der Waals surface area contributed by atoms with E-state index in [2.05, 4.69) is 44.8 Å². The van der Waals surface area contributed by atoms with Crippen LogP contribution in [0.5, 0.6) is 17.2 Å². The number of benzene rings is 1. The highest BCUT2D eigenvalue weighted by atomic mass is 127. The predicted molar refractivity (Wildman–Crippen MR) is 121 cm³/mol. The van der Waals surface area contributed by atoms with Crippen LogP contribution in [0.2, 0.25) is 0 Å². The third kappa shape index (κ3) is 4.55. The Morgan fingerprint density at radius 1 is 1.04 bits per heavy atom. The summed E-state index contributed by atoms with van der Waals surface area (Å²) in [6.45, 7) is 13.5. The van der Waals surface area contributed by atoms with Crippen LogP contribution in [0.4, 0.5) is 0 Å². The number of methoxy groups -OCH3 is 3. The van der Waals surface area contributed by atoms with Gasteiger partial charge in [0.1, 0.15) is 5.75 Å². The van der Waals surface area contributed by atoms with E-state index in [1.807, 2.05) is 12.1 Å². The second-order valence-electron chi connectivity index (χ2n) is 7.72. The molecule has 0 aromatic heterocycles. The highest BCUT2D eigenvalue weighted by molar-refractivity contribution is 14.0. The Hall–Kier alpha value is -1.38. The van der Waals surface area contributed by atoms with E-state index >= 15 is 0 Å². The molecule has 0 saturated carbocycles. The maximum Gasteiger partial charge on any atom is 0.194 e. The summed E-state index contributed by atoms with van der Waals surface area (Å²) in [6.07, 6.45) is 0. The van der Waals surface area contributed by atoms with Crippen LogP contribution in [-0.2, 0) is 6.54 Å². The van der Waals surface area contributed by atoms with Crippen molar-refractivity contribution in [3.05, 3.63) is 17.7 Å². The third-order valence-corrected chi connectivity index (χ3v) is 5.66. The van der Waals surface area contributed by atoms with E-state index in [9.17, 15) is 0 Å². The minimum absolute atomic E-state index is 0. The molecule has 0 radical (unpaired) electrons. The number of nitrogens with zero attached hydrogens (tertiary/aromatic N) is 2. The van der Waals surface area contributed by atoms with Crippen LogP contribution in [-0.4, -0.2) is 50.8 Å². The Morgan fingerprint density at radius 3 is 2.04 bits per heavy atom. The van der Waals surface area contributed by atoms with Crippen molar-refractivity contribution in [2.75, 3.05) is 34.4 Å². The molecular formula is C20H34IN3O3. The van der Waals surface area contributed by atoms with Crippen LogP contribution in [0.25, 0.3) is 0 Å². The summed E-state index contributed by atoms with van der Waals surface area (Å²) in [5.41, 5.74) is 1.26. The first-order valence-electron chi connectivity index (χ1n) is 9.06. The molecule has 154 valence electrons. The number of aliphatic imine (C=N–C) groups is 1. The SMILES string of the molecule is CCNC(=NCc1cc(OC)c(OC)cc1OC)N1CC(C)(C)C1(C)C.I. The van der Waals surface area contributed by atoms with Crippen molar-refractivity contribution < 1.29 is 14.2 Å². The van der Waals surface area contributed by atoms with E-state index in [1.54, 1.807) is 21.3 Å². The monoisotopic (exact) mass is 491 g/mol. The van der Waals surface area contributed by atoms with Gasteiger partial charge in [0, 0.05) is 35.7 Å². The lowest BCUT2D eigenvalue weighted by molar-refractivity contribution is -0.0667. The highest BCUT2D eigenvalue weighted by Gasteiger charge is 2.53. The van der Waals surface area contributed by atoms with Crippen LogP contribution in [0.15, 0.2) is 17.1 Å². The summed E-state index contributed by atoms with van der Waals surface area (Å²) in [5, 5.41) is 3.42. The molecule has 1 N–H and O–H groups in total. The molecule has 0 unspecified atom stereocenters. The number of nitrogens with one attached hydrogen (secondary N) is 1. The van der Waals surface area contributed by atoms with Gasteiger partial charge in [-0.3, -0.25) is 0 Å². The molecule has 27 heavy (non-hydrogen) atoms. The normalized spacial score (nSPS) is 17.5. The topological polar surface area (TPSA) is 55.3 Å². The minimum Gasteiger partial charge on any atom is -0.496 e. The predicted octanol–water partition coefficient (Wildman–Crippen LogP) is 3.92. The number of rotatable bonds is 6. The zero-order valence-electron chi connectivity index (χ0n) is 17.8. The largest absolute Gasteiger partial charge is 0.496 e. The first-order chi connectivity index (χ1) is 12.2. The third-order valence-electron chi connectivity index (χ3n) is 5.66. The maximum atomic E-state index is 5.52. The molecule has 1 aliphatic rings. The number of hydrogen-bond acceptors (Lipinski definition) is 4. The molecular weight excluding hydrogens is 457 g/mol. The van der Waals surface area contributed by atoms with Gasteiger partial charge in [-0.15, -0.1) is 24.0 Å². The van der Waals surface area contributed by atoms with Gasteiger partial charge in [-0.05, 0) is 26.8 Å². The van der Waals surface area contributed by atoms with Crippen molar-refractivity contribution in [3.63, 3.8) is 0 Å². The van der Waals surface area contributed by atoms with Crippen molar-refractivity contribution in [1.82, 2.24) is 10.2 Å². The number of ether oxygens (including phenoxy) is 3. The summed E-state index contributed by atoms with van der Waals surface area (Å²) >= 11 is 0. The molecule has 1 aliphatic heterocycles. The molecule has 1 aromatic rings. The summed E-state index contributed by atoms with van der Waals surface area (Å²) in [4.78, 5) is 7.20. The molecule has 6 nitrogen and oxygen atoms in total. The van der Waals surface area contributed by atoms with Crippen molar-refractivity contribution in [2.24, 2.45) is 10.4 Å². The van der Waals surface area contributed by atoms with E-state index in [0.717, 1.165) is 30.4 Å². The highest BCUT2D eigenvalue weighted by Crippen LogP contribution is 2.46. The Balaban J connectivity index is 0.00000364. The van der Waals surface area contributed by atoms with Gasteiger partial charge in [-0.2, -0.15) is 0 Å². The van der Waals surface area contributed by atoms with Crippen LogP contribution in [0, 0.1) is 5.41 Å². The molecule has 1 saturated heterocycles.